The predicted octanol–water partition coefficient (Wildman–Crippen LogP) is 2.95. The summed E-state index contributed by atoms with van der Waals surface area (Å²) in [6, 6.07) is 7.35. The van der Waals surface area contributed by atoms with Gasteiger partial charge in [0.2, 0.25) is 5.91 Å². The highest BCUT2D eigenvalue weighted by atomic mass is 35.5. The number of hydrogen-bond donors (Lipinski definition) is 1. The molecule has 0 aromatic heterocycles. The van der Waals surface area contributed by atoms with Gasteiger partial charge in [-0.2, -0.15) is 0 Å². The summed E-state index contributed by atoms with van der Waals surface area (Å²) in [6.07, 6.45) is 5.07. The van der Waals surface area contributed by atoms with Crippen molar-refractivity contribution >= 4 is 17.5 Å². The first kappa shape index (κ1) is 18.7. The van der Waals surface area contributed by atoms with Crippen molar-refractivity contribution in [2.75, 3.05) is 26.2 Å². The Hall–Kier alpha value is -1.30. The van der Waals surface area contributed by atoms with E-state index in [0.29, 0.717) is 34.9 Å². The quantitative estimate of drug-likeness (QED) is 0.841. The molecule has 5 rings (SSSR count). The second-order valence-electron chi connectivity index (χ2n) is 9.11. The maximum absolute atomic E-state index is 13.5. The van der Waals surface area contributed by atoms with E-state index in [1.165, 1.54) is 0 Å². The van der Waals surface area contributed by atoms with Crippen LogP contribution in [0.15, 0.2) is 24.3 Å². The van der Waals surface area contributed by atoms with E-state index < -0.39 is 6.10 Å². The van der Waals surface area contributed by atoms with Gasteiger partial charge >= 0.3 is 0 Å². The van der Waals surface area contributed by atoms with Gasteiger partial charge in [0, 0.05) is 18.1 Å². The van der Waals surface area contributed by atoms with Crippen molar-refractivity contribution in [2.45, 2.75) is 56.3 Å². The van der Waals surface area contributed by atoms with Crippen LogP contribution in [-0.2, 0) is 4.79 Å². The van der Waals surface area contributed by atoms with Crippen molar-refractivity contribution < 1.29 is 14.6 Å². The molecular formula is C22H29ClN2O3. The van der Waals surface area contributed by atoms with Gasteiger partial charge in [-0.15, -0.1) is 0 Å². The van der Waals surface area contributed by atoms with Crippen LogP contribution in [0.4, 0.5) is 0 Å². The highest BCUT2D eigenvalue weighted by Crippen LogP contribution is 2.44. The van der Waals surface area contributed by atoms with Crippen LogP contribution in [0.5, 0.6) is 5.75 Å². The van der Waals surface area contributed by atoms with Gasteiger partial charge in [-0.3, -0.25) is 9.69 Å². The minimum atomic E-state index is -0.497. The summed E-state index contributed by atoms with van der Waals surface area (Å²) in [5.74, 6) is 1.83. The average Bonchev–Trinajstić information content (AvgIpc) is 3.35. The molecule has 0 radical (unpaired) electrons. The lowest BCUT2D eigenvalue weighted by Gasteiger charge is -2.35. The van der Waals surface area contributed by atoms with Crippen molar-refractivity contribution in [1.82, 2.24) is 9.80 Å². The number of carbonyl (C=O) groups is 1. The fourth-order valence-corrected chi connectivity index (χ4v) is 6.33. The summed E-state index contributed by atoms with van der Waals surface area (Å²) in [5.41, 5.74) is -0.219. The van der Waals surface area contributed by atoms with Gasteiger partial charge in [0.05, 0.1) is 6.10 Å². The third kappa shape index (κ3) is 3.12. The maximum atomic E-state index is 13.5. The van der Waals surface area contributed by atoms with Crippen molar-refractivity contribution in [1.29, 1.82) is 0 Å². The molecule has 4 aliphatic rings. The van der Waals surface area contributed by atoms with Crippen LogP contribution in [0.3, 0.4) is 0 Å². The second-order valence-corrected chi connectivity index (χ2v) is 9.54. The lowest BCUT2D eigenvalue weighted by Crippen LogP contribution is -2.53. The van der Waals surface area contributed by atoms with E-state index in [0.717, 1.165) is 58.3 Å². The molecule has 3 saturated heterocycles. The number of rotatable bonds is 3. The van der Waals surface area contributed by atoms with E-state index in [2.05, 4.69) is 9.80 Å². The number of nitrogens with zero attached hydrogens (tertiary/aromatic N) is 2. The lowest BCUT2D eigenvalue weighted by molar-refractivity contribution is -0.140. The molecule has 3 heterocycles. The Kier molecular flexibility index (Phi) is 4.80. The molecule has 1 aromatic rings. The Bertz CT molecular complexity index is 747. The number of carbonyl (C=O) groups excluding carboxylic acids is 1. The zero-order chi connectivity index (χ0) is 19.3. The molecule has 0 spiro atoms. The Balaban J connectivity index is 1.26. The Morgan fingerprint density at radius 3 is 2.57 bits per heavy atom. The summed E-state index contributed by atoms with van der Waals surface area (Å²) in [5, 5.41) is 11.3. The SMILES string of the molecule is O=C(N1C[C@H]2C[C@@H](Oc3cccc(Cl)c3)[C@H](O)C[C@H]2C1)C12CCCN1CCC2. The molecule has 4 atom stereocenters. The number of hydrogen-bond acceptors (Lipinski definition) is 4. The Labute approximate surface area is 171 Å². The van der Waals surface area contributed by atoms with Crippen LogP contribution >= 0.6 is 11.6 Å². The molecular weight excluding hydrogens is 376 g/mol. The number of ether oxygens (including phenoxy) is 1. The van der Waals surface area contributed by atoms with Crippen LogP contribution in [0.2, 0.25) is 5.02 Å². The van der Waals surface area contributed by atoms with E-state index >= 15 is 0 Å². The monoisotopic (exact) mass is 404 g/mol. The van der Waals surface area contributed by atoms with Gasteiger partial charge in [0.15, 0.2) is 0 Å². The van der Waals surface area contributed by atoms with E-state index in [-0.39, 0.29) is 11.6 Å². The maximum Gasteiger partial charge on any atom is 0.243 e. The minimum absolute atomic E-state index is 0.219. The number of likely N-dealkylation sites (tertiary alicyclic amines) is 1. The van der Waals surface area contributed by atoms with Crippen molar-refractivity contribution in [2.24, 2.45) is 11.8 Å². The van der Waals surface area contributed by atoms with Crippen LogP contribution < -0.4 is 4.74 Å². The topological polar surface area (TPSA) is 53.0 Å². The molecule has 1 N–H and O–H groups in total. The van der Waals surface area contributed by atoms with Crippen LogP contribution in [-0.4, -0.2) is 64.7 Å². The first-order valence-electron chi connectivity index (χ1n) is 10.7. The third-order valence-corrected chi connectivity index (χ3v) is 7.73. The molecule has 0 bridgehead atoms. The van der Waals surface area contributed by atoms with Gasteiger partial charge in [-0.1, -0.05) is 17.7 Å². The summed E-state index contributed by atoms with van der Waals surface area (Å²) < 4.78 is 6.07. The van der Waals surface area contributed by atoms with Gasteiger partial charge in [-0.05, 0) is 81.6 Å². The first-order chi connectivity index (χ1) is 13.5. The molecule has 1 saturated carbocycles. The number of benzene rings is 1. The minimum Gasteiger partial charge on any atom is -0.488 e. The van der Waals surface area contributed by atoms with Gasteiger partial charge in [0.25, 0.3) is 0 Å². The molecule has 1 amide bonds. The van der Waals surface area contributed by atoms with Crippen LogP contribution in [0.1, 0.15) is 38.5 Å². The fraction of sp³-hybridized carbons (Fsp3) is 0.682. The van der Waals surface area contributed by atoms with E-state index in [4.69, 9.17) is 16.3 Å². The molecule has 4 fully saturated rings. The van der Waals surface area contributed by atoms with Crippen molar-refractivity contribution in [3.05, 3.63) is 29.3 Å². The van der Waals surface area contributed by atoms with E-state index in [9.17, 15) is 9.90 Å². The summed E-state index contributed by atoms with van der Waals surface area (Å²) in [7, 11) is 0. The summed E-state index contributed by atoms with van der Waals surface area (Å²) in [4.78, 5) is 18.0. The normalized spacial score (nSPS) is 34.3. The number of aliphatic hydroxyl groups excluding tert-OH is 1. The second kappa shape index (κ2) is 7.19. The van der Waals surface area contributed by atoms with Crippen molar-refractivity contribution in [3.8, 4) is 5.75 Å². The highest BCUT2D eigenvalue weighted by molar-refractivity contribution is 6.30. The fourth-order valence-electron chi connectivity index (χ4n) is 6.15. The standard InChI is InChI=1S/C22H29ClN2O3/c23-17-4-1-5-18(12-17)28-20-11-16-14-24(13-15(16)10-19(20)26)21(27)22-6-2-8-25(22)9-3-7-22/h1,4-5,12,15-16,19-20,26H,2-3,6-11,13-14H2/t15-,16+,19+,20+/m0/s1. The van der Waals surface area contributed by atoms with Gasteiger partial charge in [0.1, 0.15) is 17.4 Å². The molecule has 1 aromatic carbocycles. The largest absolute Gasteiger partial charge is 0.488 e. The van der Waals surface area contributed by atoms with E-state index in [1.54, 1.807) is 6.07 Å². The molecule has 0 unspecified atom stereocenters. The van der Waals surface area contributed by atoms with E-state index in [1.807, 2.05) is 18.2 Å². The molecule has 152 valence electrons. The highest BCUT2D eigenvalue weighted by Gasteiger charge is 2.54. The molecule has 5 nitrogen and oxygen atoms in total. The van der Waals surface area contributed by atoms with Gasteiger partial charge < -0.3 is 14.7 Å². The number of halogens is 1. The number of aliphatic hydroxyl groups is 1. The zero-order valence-corrected chi connectivity index (χ0v) is 17.0. The Morgan fingerprint density at radius 2 is 1.86 bits per heavy atom. The molecule has 1 aliphatic carbocycles. The first-order valence-corrected chi connectivity index (χ1v) is 11.1. The lowest BCUT2D eigenvalue weighted by atomic mass is 9.78. The third-order valence-electron chi connectivity index (χ3n) is 7.50. The molecule has 28 heavy (non-hydrogen) atoms. The average molecular weight is 405 g/mol. The van der Waals surface area contributed by atoms with Gasteiger partial charge in [-0.25, -0.2) is 0 Å². The van der Waals surface area contributed by atoms with Crippen LogP contribution in [0.25, 0.3) is 0 Å². The van der Waals surface area contributed by atoms with Crippen molar-refractivity contribution in [3.63, 3.8) is 0 Å². The molecule has 6 heteroatoms. The number of fused-ring (bicyclic) bond motifs is 2. The zero-order valence-electron chi connectivity index (χ0n) is 16.2. The molecule has 3 aliphatic heterocycles. The Morgan fingerprint density at radius 1 is 1.14 bits per heavy atom. The predicted molar refractivity (Wildman–Crippen MR) is 107 cm³/mol. The smallest absolute Gasteiger partial charge is 0.243 e. The number of amides is 1. The van der Waals surface area contributed by atoms with Crippen LogP contribution in [0, 0.1) is 11.8 Å². The summed E-state index contributed by atoms with van der Waals surface area (Å²) in [6.45, 7) is 3.74. The summed E-state index contributed by atoms with van der Waals surface area (Å²) >= 11 is 6.06.